The van der Waals surface area contributed by atoms with Crippen LogP contribution < -0.4 is 10.2 Å². The molecule has 0 radical (unpaired) electrons. The Morgan fingerprint density at radius 1 is 1.29 bits per heavy atom. The lowest BCUT2D eigenvalue weighted by atomic mass is 9.99. The van der Waals surface area contributed by atoms with Crippen LogP contribution in [0.1, 0.15) is 25.3 Å². The number of amides is 2. The molecule has 7 heteroatoms. The van der Waals surface area contributed by atoms with Gasteiger partial charge in [-0.05, 0) is 32.4 Å². The Kier molecular flexibility index (Phi) is 4.15. The van der Waals surface area contributed by atoms with Crippen LogP contribution in [0.25, 0.3) is 0 Å². The molecule has 1 N–H and O–H groups in total. The van der Waals surface area contributed by atoms with Gasteiger partial charge in [0.1, 0.15) is 0 Å². The van der Waals surface area contributed by atoms with E-state index < -0.39 is 21.3 Å². The molecular formula is C17H22N2O4S. The SMILES string of the molecule is Cc1ccc(N2CC(C(=O)NC3(C)CCS(=O)(=O)C3)CC2=O)cc1. The zero-order valence-corrected chi connectivity index (χ0v) is 14.7. The van der Waals surface area contributed by atoms with Crippen LogP contribution in [0.5, 0.6) is 0 Å². The van der Waals surface area contributed by atoms with Gasteiger partial charge in [0.05, 0.1) is 23.0 Å². The number of nitrogens with one attached hydrogen (secondary N) is 1. The number of aryl methyl sites for hydroxylation is 1. The van der Waals surface area contributed by atoms with Crippen LogP contribution in [0.4, 0.5) is 5.69 Å². The van der Waals surface area contributed by atoms with E-state index in [1.54, 1.807) is 11.8 Å². The van der Waals surface area contributed by atoms with E-state index in [0.29, 0.717) is 13.0 Å². The van der Waals surface area contributed by atoms with E-state index in [0.717, 1.165) is 11.3 Å². The molecule has 130 valence electrons. The fourth-order valence-corrected chi connectivity index (χ4v) is 5.46. The zero-order chi connectivity index (χ0) is 17.5. The smallest absolute Gasteiger partial charge is 0.227 e. The summed E-state index contributed by atoms with van der Waals surface area (Å²) in [6.45, 7) is 4.06. The lowest BCUT2D eigenvalue weighted by molar-refractivity contribution is -0.127. The minimum Gasteiger partial charge on any atom is -0.350 e. The highest BCUT2D eigenvalue weighted by atomic mass is 32.2. The number of rotatable bonds is 3. The molecule has 2 atom stereocenters. The van der Waals surface area contributed by atoms with Gasteiger partial charge in [0.15, 0.2) is 9.84 Å². The van der Waals surface area contributed by atoms with Crippen LogP contribution in [-0.4, -0.2) is 43.8 Å². The van der Waals surface area contributed by atoms with Crippen LogP contribution in [0, 0.1) is 12.8 Å². The summed E-state index contributed by atoms with van der Waals surface area (Å²) in [5.74, 6) is -0.698. The maximum atomic E-state index is 12.5. The number of carbonyl (C=O) groups excluding carboxylic acids is 2. The van der Waals surface area contributed by atoms with Crippen LogP contribution in [0.3, 0.4) is 0 Å². The van der Waals surface area contributed by atoms with Gasteiger partial charge in [0.2, 0.25) is 11.8 Å². The second-order valence-electron chi connectivity index (χ2n) is 7.13. The van der Waals surface area contributed by atoms with Crippen molar-refractivity contribution in [2.24, 2.45) is 5.92 Å². The first-order valence-electron chi connectivity index (χ1n) is 8.07. The summed E-state index contributed by atoms with van der Waals surface area (Å²) >= 11 is 0. The third kappa shape index (κ3) is 3.45. The summed E-state index contributed by atoms with van der Waals surface area (Å²) < 4.78 is 23.3. The van der Waals surface area contributed by atoms with Crippen molar-refractivity contribution in [1.29, 1.82) is 0 Å². The van der Waals surface area contributed by atoms with E-state index in [9.17, 15) is 18.0 Å². The summed E-state index contributed by atoms with van der Waals surface area (Å²) in [5, 5.41) is 2.86. The van der Waals surface area contributed by atoms with Crippen LogP contribution in [0.2, 0.25) is 0 Å². The van der Waals surface area contributed by atoms with E-state index in [-0.39, 0.29) is 29.7 Å². The average Bonchev–Trinajstić information content (AvgIpc) is 3.00. The Hall–Kier alpha value is -1.89. The highest BCUT2D eigenvalue weighted by molar-refractivity contribution is 7.91. The van der Waals surface area contributed by atoms with Crippen molar-refractivity contribution in [2.45, 2.75) is 32.2 Å². The van der Waals surface area contributed by atoms with Gasteiger partial charge < -0.3 is 10.2 Å². The first-order valence-corrected chi connectivity index (χ1v) is 9.89. The van der Waals surface area contributed by atoms with E-state index in [4.69, 9.17) is 0 Å². The topological polar surface area (TPSA) is 83.6 Å². The molecule has 0 saturated carbocycles. The highest BCUT2D eigenvalue weighted by Gasteiger charge is 2.42. The third-order valence-corrected chi connectivity index (χ3v) is 6.67. The van der Waals surface area contributed by atoms with E-state index in [1.165, 1.54) is 0 Å². The van der Waals surface area contributed by atoms with Crippen molar-refractivity contribution in [3.63, 3.8) is 0 Å². The van der Waals surface area contributed by atoms with Gasteiger partial charge in [-0.1, -0.05) is 17.7 Å². The van der Waals surface area contributed by atoms with Gasteiger partial charge in [-0.3, -0.25) is 9.59 Å². The molecule has 2 heterocycles. The van der Waals surface area contributed by atoms with Gasteiger partial charge >= 0.3 is 0 Å². The van der Waals surface area contributed by atoms with Gasteiger partial charge in [0.25, 0.3) is 0 Å². The lowest BCUT2D eigenvalue weighted by Gasteiger charge is -2.25. The monoisotopic (exact) mass is 350 g/mol. The number of sulfone groups is 1. The fourth-order valence-electron chi connectivity index (χ4n) is 3.37. The minimum atomic E-state index is -3.08. The first kappa shape index (κ1) is 17.0. The maximum absolute atomic E-state index is 12.5. The van der Waals surface area contributed by atoms with Crippen molar-refractivity contribution in [3.8, 4) is 0 Å². The maximum Gasteiger partial charge on any atom is 0.227 e. The van der Waals surface area contributed by atoms with E-state index in [2.05, 4.69) is 5.32 Å². The molecular weight excluding hydrogens is 328 g/mol. The summed E-state index contributed by atoms with van der Waals surface area (Å²) in [4.78, 5) is 26.4. The molecule has 2 saturated heterocycles. The summed E-state index contributed by atoms with van der Waals surface area (Å²) in [5.41, 5.74) is 1.17. The van der Waals surface area contributed by atoms with Gasteiger partial charge in [-0.15, -0.1) is 0 Å². The van der Waals surface area contributed by atoms with Crippen LogP contribution >= 0.6 is 0 Å². The molecule has 3 rings (SSSR count). The van der Waals surface area contributed by atoms with Gasteiger partial charge in [0, 0.05) is 18.7 Å². The number of anilines is 1. The predicted molar refractivity (Wildman–Crippen MR) is 91.5 cm³/mol. The molecule has 24 heavy (non-hydrogen) atoms. The molecule has 2 fully saturated rings. The average molecular weight is 350 g/mol. The van der Waals surface area contributed by atoms with Gasteiger partial charge in [-0.25, -0.2) is 8.42 Å². The molecule has 1 aromatic carbocycles. The van der Waals surface area contributed by atoms with Crippen molar-refractivity contribution in [3.05, 3.63) is 29.8 Å². The Morgan fingerprint density at radius 3 is 2.54 bits per heavy atom. The van der Waals surface area contributed by atoms with Crippen molar-refractivity contribution < 1.29 is 18.0 Å². The predicted octanol–water partition coefficient (Wildman–Crippen LogP) is 1.04. The Morgan fingerprint density at radius 2 is 1.96 bits per heavy atom. The van der Waals surface area contributed by atoms with Crippen LogP contribution in [-0.2, 0) is 19.4 Å². The second kappa shape index (κ2) is 5.88. The fraction of sp³-hybridized carbons (Fsp3) is 0.529. The van der Waals surface area contributed by atoms with Crippen molar-refractivity contribution >= 4 is 27.3 Å². The van der Waals surface area contributed by atoms with Crippen LogP contribution in [0.15, 0.2) is 24.3 Å². The Labute approximate surface area is 142 Å². The number of hydrogen-bond acceptors (Lipinski definition) is 4. The van der Waals surface area contributed by atoms with Crippen molar-refractivity contribution in [1.82, 2.24) is 5.32 Å². The molecule has 0 aromatic heterocycles. The largest absolute Gasteiger partial charge is 0.350 e. The van der Waals surface area contributed by atoms with Crippen molar-refractivity contribution in [2.75, 3.05) is 23.0 Å². The zero-order valence-electron chi connectivity index (χ0n) is 13.9. The van der Waals surface area contributed by atoms with E-state index in [1.807, 2.05) is 31.2 Å². The third-order valence-electron chi connectivity index (χ3n) is 4.77. The summed E-state index contributed by atoms with van der Waals surface area (Å²) in [6.07, 6.45) is 0.575. The quantitative estimate of drug-likeness (QED) is 0.883. The molecule has 2 amide bonds. The molecule has 2 aliphatic heterocycles. The standard InChI is InChI=1S/C17H22N2O4S/c1-12-3-5-14(6-4-12)19-10-13(9-15(19)20)16(21)18-17(2)7-8-24(22,23)11-17/h3-6,13H,7-11H2,1-2H3,(H,18,21). The number of benzene rings is 1. The Balaban J connectivity index is 1.67. The normalized spacial score (nSPS) is 29.0. The first-order chi connectivity index (χ1) is 11.2. The minimum absolute atomic E-state index is 0.0336. The lowest BCUT2D eigenvalue weighted by Crippen LogP contribution is -2.49. The summed E-state index contributed by atoms with van der Waals surface area (Å²) in [6, 6.07) is 7.61. The molecule has 0 bridgehead atoms. The molecule has 6 nitrogen and oxygen atoms in total. The van der Waals surface area contributed by atoms with E-state index >= 15 is 0 Å². The number of hydrogen-bond donors (Lipinski definition) is 1. The summed E-state index contributed by atoms with van der Waals surface area (Å²) in [7, 11) is -3.08. The van der Waals surface area contributed by atoms with Gasteiger partial charge in [-0.2, -0.15) is 0 Å². The molecule has 0 spiro atoms. The second-order valence-corrected chi connectivity index (χ2v) is 9.32. The molecule has 1 aromatic rings. The molecule has 2 unspecified atom stereocenters. The number of carbonyl (C=O) groups is 2. The highest BCUT2D eigenvalue weighted by Crippen LogP contribution is 2.28. The molecule has 0 aliphatic carbocycles. The Bertz CT molecular complexity index is 772. The number of nitrogens with zero attached hydrogens (tertiary/aromatic N) is 1. The molecule has 2 aliphatic rings.